The molecular weight excluding hydrogens is 398 g/mol. The minimum atomic E-state index is -1.02. The van der Waals surface area contributed by atoms with E-state index in [0.29, 0.717) is 12.3 Å². The van der Waals surface area contributed by atoms with Crippen LogP contribution in [0.5, 0.6) is 0 Å². The highest BCUT2D eigenvalue weighted by molar-refractivity contribution is 5.75. The van der Waals surface area contributed by atoms with Crippen LogP contribution in [0.3, 0.4) is 0 Å². The van der Waals surface area contributed by atoms with Crippen LogP contribution in [0.1, 0.15) is 79.6 Å². The lowest BCUT2D eigenvalue weighted by Crippen LogP contribution is -2.52. The number of esters is 1. The number of aliphatic hydroxyl groups is 1. The number of aliphatic hydroxyl groups excluding tert-OH is 1. The third kappa shape index (κ3) is 6.45. The first-order valence-corrected chi connectivity index (χ1v) is 11.5. The Balaban J connectivity index is 2.44. The molecule has 2 fully saturated rings. The number of ether oxygens (including phenoxy) is 3. The molecule has 0 aromatic heterocycles. The molecule has 0 aromatic rings. The summed E-state index contributed by atoms with van der Waals surface area (Å²) >= 11 is 0. The van der Waals surface area contributed by atoms with E-state index >= 15 is 0 Å². The minimum Gasteiger partial charge on any atom is -0.469 e. The fourth-order valence-corrected chi connectivity index (χ4v) is 4.96. The number of hydrogen-bond acceptors (Lipinski definition) is 6. The number of nitrogens with zero attached hydrogens (tertiary/aromatic N) is 1. The Kier molecular flexibility index (Phi) is 8.56. The molecule has 0 aromatic carbocycles. The molecule has 7 heteroatoms. The maximum absolute atomic E-state index is 13.3. The molecule has 7 nitrogen and oxygen atoms in total. The SMILES string of the molecule is C=CC[C@@H](O)[C@@H](C(=O)OC)[C@H]1OC(C)(C)N(C(=O)OC(C)(C)C)[C@H]1CC1CCCCC1. The topological polar surface area (TPSA) is 85.3 Å². The lowest BCUT2D eigenvalue weighted by atomic mass is 9.80. The van der Waals surface area contributed by atoms with Crippen molar-refractivity contribution in [2.45, 2.75) is 109 Å². The summed E-state index contributed by atoms with van der Waals surface area (Å²) in [6.45, 7) is 12.8. The van der Waals surface area contributed by atoms with Gasteiger partial charge in [0, 0.05) is 0 Å². The van der Waals surface area contributed by atoms with Gasteiger partial charge in [-0.1, -0.05) is 38.2 Å². The number of methoxy groups -OCH3 is 1. The fraction of sp³-hybridized carbons (Fsp3) is 0.833. The number of carbonyl (C=O) groups excluding carboxylic acids is 2. The van der Waals surface area contributed by atoms with Gasteiger partial charge in [-0.3, -0.25) is 9.69 Å². The summed E-state index contributed by atoms with van der Waals surface area (Å²) in [5, 5.41) is 10.8. The van der Waals surface area contributed by atoms with E-state index < -0.39 is 47.6 Å². The molecule has 2 rings (SSSR count). The molecule has 4 atom stereocenters. The molecule has 1 amide bonds. The van der Waals surface area contributed by atoms with E-state index in [2.05, 4.69) is 6.58 Å². The Morgan fingerprint density at radius 1 is 1.26 bits per heavy atom. The van der Waals surface area contributed by atoms with Gasteiger partial charge in [-0.15, -0.1) is 6.58 Å². The molecule has 1 saturated heterocycles. The van der Waals surface area contributed by atoms with Crippen molar-refractivity contribution in [1.29, 1.82) is 0 Å². The second kappa shape index (κ2) is 10.3. The van der Waals surface area contributed by atoms with E-state index in [0.717, 1.165) is 25.7 Å². The van der Waals surface area contributed by atoms with Crippen molar-refractivity contribution in [3.8, 4) is 0 Å². The van der Waals surface area contributed by atoms with Gasteiger partial charge in [0.15, 0.2) is 0 Å². The smallest absolute Gasteiger partial charge is 0.412 e. The summed E-state index contributed by atoms with van der Waals surface area (Å²) in [5.41, 5.74) is -1.66. The van der Waals surface area contributed by atoms with E-state index in [1.165, 1.54) is 13.5 Å². The van der Waals surface area contributed by atoms with Crippen molar-refractivity contribution >= 4 is 12.1 Å². The number of hydrogen-bond donors (Lipinski definition) is 1. The summed E-state index contributed by atoms with van der Waals surface area (Å²) in [4.78, 5) is 27.6. The average molecular weight is 440 g/mol. The van der Waals surface area contributed by atoms with Gasteiger partial charge in [0.05, 0.1) is 25.4 Å². The molecule has 1 aliphatic carbocycles. The first-order chi connectivity index (χ1) is 14.4. The Morgan fingerprint density at radius 2 is 1.87 bits per heavy atom. The maximum atomic E-state index is 13.3. The summed E-state index contributed by atoms with van der Waals surface area (Å²) in [7, 11) is 1.30. The largest absolute Gasteiger partial charge is 0.469 e. The van der Waals surface area contributed by atoms with Gasteiger partial charge < -0.3 is 19.3 Å². The third-order valence-corrected chi connectivity index (χ3v) is 6.26. The van der Waals surface area contributed by atoms with E-state index in [1.54, 1.807) is 24.8 Å². The predicted octanol–water partition coefficient (Wildman–Crippen LogP) is 4.42. The molecule has 1 saturated carbocycles. The molecule has 178 valence electrons. The van der Waals surface area contributed by atoms with Crippen LogP contribution >= 0.6 is 0 Å². The average Bonchev–Trinajstić information content (AvgIpc) is 2.91. The van der Waals surface area contributed by atoms with E-state index in [4.69, 9.17) is 14.2 Å². The van der Waals surface area contributed by atoms with Crippen molar-refractivity contribution in [2.75, 3.05) is 7.11 Å². The highest BCUT2D eigenvalue weighted by Crippen LogP contribution is 2.42. The monoisotopic (exact) mass is 439 g/mol. The quantitative estimate of drug-likeness (QED) is 0.467. The molecule has 31 heavy (non-hydrogen) atoms. The lowest BCUT2D eigenvalue weighted by molar-refractivity contribution is -0.161. The summed E-state index contributed by atoms with van der Waals surface area (Å²) in [6, 6.07) is -0.406. The molecular formula is C24H41NO6. The normalized spacial score (nSPS) is 26.2. The Morgan fingerprint density at radius 3 is 2.39 bits per heavy atom. The van der Waals surface area contributed by atoms with Crippen molar-refractivity contribution in [2.24, 2.45) is 11.8 Å². The van der Waals surface area contributed by atoms with Crippen LogP contribution in [0, 0.1) is 11.8 Å². The van der Waals surface area contributed by atoms with Gasteiger partial charge in [0.2, 0.25) is 0 Å². The zero-order chi connectivity index (χ0) is 23.4. The van der Waals surface area contributed by atoms with Crippen LogP contribution < -0.4 is 0 Å². The molecule has 1 aliphatic heterocycles. The first kappa shape index (κ1) is 25.7. The zero-order valence-electron chi connectivity index (χ0n) is 20.1. The summed E-state index contributed by atoms with van der Waals surface area (Å²) in [6.07, 6.45) is 6.04. The highest BCUT2D eigenvalue weighted by atomic mass is 16.6. The zero-order valence-corrected chi connectivity index (χ0v) is 20.1. The highest BCUT2D eigenvalue weighted by Gasteiger charge is 2.56. The number of carbonyl (C=O) groups is 2. The van der Waals surface area contributed by atoms with Gasteiger partial charge in [-0.25, -0.2) is 4.79 Å². The molecule has 0 spiro atoms. The summed E-state index contributed by atoms with van der Waals surface area (Å²) < 4.78 is 17.1. The first-order valence-electron chi connectivity index (χ1n) is 11.5. The van der Waals surface area contributed by atoms with Crippen molar-refractivity contribution < 1.29 is 28.9 Å². The van der Waals surface area contributed by atoms with Crippen LogP contribution in [-0.4, -0.2) is 58.8 Å². The predicted molar refractivity (Wildman–Crippen MR) is 118 cm³/mol. The molecule has 0 unspecified atom stereocenters. The Bertz CT molecular complexity index is 634. The van der Waals surface area contributed by atoms with Gasteiger partial charge >= 0.3 is 12.1 Å². The van der Waals surface area contributed by atoms with E-state index in [1.807, 2.05) is 20.8 Å². The van der Waals surface area contributed by atoms with Crippen LogP contribution in [-0.2, 0) is 19.0 Å². The van der Waals surface area contributed by atoms with Gasteiger partial charge in [0.25, 0.3) is 0 Å². The van der Waals surface area contributed by atoms with Crippen LogP contribution in [0.25, 0.3) is 0 Å². The molecule has 1 heterocycles. The lowest BCUT2D eigenvalue weighted by Gasteiger charge is -2.37. The van der Waals surface area contributed by atoms with Crippen LogP contribution in [0.2, 0.25) is 0 Å². The number of amides is 1. The Hall–Kier alpha value is -1.60. The van der Waals surface area contributed by atoms with Gasteiger partial charge in [-0.2, -0.15) is 0 Å². The Labute approximate surface area is 187 Å². The molecule has 2 aliphatic rings. The minimum absolute atomic E-state index is 0.225. The third-order valence-electron chi connectivity index (χ3n) is 6.26. The standard InChI is InChI=1S/C24H41NO6/c1-8-12-18(26)19(21(27)29-7)20-17(15-16-13-10-9-11-14-16)25(24(5,6)30-20)22(28)31-23(2,3)4/h8,16-20,26H,1,9-15H2,2-7H3/t17-,18+,19+,20-/m0/s1. The van der Waals surface area contributed by atoms with Crippen LogP contribution in [0.15, 0.2) is 12.7 Å². The van der Waals surface area contributed by atoms with Crippen LogP contribution in [0.4, 0.5) is 4.79 Å². The second-order valence-electron chi connectivity index (χ2n) is 10.3. The fourth-order valence-electron chi connectivity index (χ4n) is 4.96. The maximum Gasteiger partial charge on any atom is 0.412 e. The van der Waals surface area contributed by atoms with Crippen molar-refractivity contribution in [3.05, 3.63) is 12.7 Å². The van der Waals surface area contributed by atoms with Crippen molar-refractivity contribution in [1.82, 2.24) is 4.90 Å². The van der Waals surface area contributed by atoms with Gasteiger partial charge in [-0.05, 0) is 53.4 Å². The second-order valence-corrected chi connectivity index (χ2v) is 10.3. The van der Waals surface area contributed by atoms with E-state index in [-0.39, 0.29) is 6.42 Å². The number of rotatable bonds is 7. The van der Waals surface area contributed by atoms with Gasteiger partial charge in [0.1, 0.15) is 17.2 Å². The molecule has 0 radical (unpaired) electrons. The van der Waals surface area contributed by atoms with Crippen molar-refractivity contribution in [3.63, 3.8) is 0 Å². The molecule has 1 N–H and O–H groups in total. The van der Waals surface area contributed by atoms with E-state index in [9.17, 15) is 14.7 Å². The summed E-state index contributed by atoms with van der Waals surface area (Å²) in [5.74, 6) is -1.04. The molecule has 0 bridgehead atoms.